The zero-order chi connectivity index (χ0) is 15.7. The molecule has 2 saturated heterocycles. The van der Waals surface area contributed by atoms with Crippen LogP contribution in [-0.4, -0.2) is 48.6 Å². The van der Waals surface area contributed by atoms with Gasteiger partial charge < -0.3 is 14.5 Å². The molecule has 0 spiro atoms. The van der Waals surface area contributed by atoms with Crippen molar-refractivity contribution in [1.82, 2.24) is 4.90 Å². The van der Waals surface area contributed by atoms with E-state index in [9.17, 15) is 9.59 Å². The molecule has 1 atom stereocenters. The van der Waals surface area contributed by atoms with Crippen molar-refractivity contribution in [3.8, 4) is 0 Å². The fourth-order valence-corrected chi connectivity index (χ4v) is 3.13. The number of rotatable bonds is 2. The summed E-state index contributed by atoms with van der Waals surface area (Å²) < 4.78 is 5.60. The summed E-state index contributed by atoms with van der Waals surface area (Å²) in [5.74, 6) is -0.0908. The second kappa shape index (κ2) is 5.72. The van der Waals surface area contributed by atoms with Crippen molar-refractivity contribution in [3.05, 3.63) is 29.8 Å². The van der Waals surface area contributed by atoms with Crippen molar-refractivity contribution in [2.24, 2.45) is 0 Å². The predicted octanol–water partition coefficient (Wildman–Crippen LogP) is 1.74. The van der Waals surface area contributed by atoms with Gasteiger partial charge in [-0.05, 0) is 38.8 Å². The van der Waals surface area contributed by atoms with E-state index in [0.29, 0.717) is 19.7 Å². The highest BCUT2D eigenvalue weighted by Gasteiger charge is 2.42. The molecule has 3 rings (SSSR count). The van der Waals surface area contributed by atoms with Gasteiger partial charge in [0.1, 0.15) is 12.1 Å². The van der Waals surface area contributed by atoms with E-state index >= 15 is 0 Å². The van der Waals surface area contributed by atoms with Crippen LogP contribution in [0.15, 0.2) is 24.3 Å². The number of nitrogens with zero attached hydrogens (tertiary/aromatic N) is 2. The number of hydrogen-bond donors (Lipinski definition) is 0. The maximum Gasteiger partial charge on any atom is 0.255 e. The summed E-state index contributed by atoms with van der Waals surface area (Å²) in [7, 11) is 0. The minimum atomic E-state index is -0.744. The SMILES string of the molecule is Cc1ccc(N2CCN(C(=O)[C@]3(C)CCCO3)CC2=O)cc1. The average molecular weight is 302 g/mol. The van der Waals surface area contributed by atoms with E-state index in [0.717, 1.165) is 24.1 Å². The summed E-state index contributed by atoms with van der Waals surface area (Å²) in [5, 5.41) is 0. The number of aryl methyl sites for hydroxylation is 1. The van der Waals surface area contributed by atoms with Crippen LogP contribution in [0, 0.1) is 6.92 Å². The van der Waals surface area contributed by atoms with Gasteiger partial charge >= 0.3 is 0 Å². The molecule has 2 aliphatic heterocycles. The van der Waals surface area contributed by atoms with Gasteiger partial charge in [0.05, 0.1) is 0 Å². The summed E-state index contributed by atoms with van der Waals surface area (Å²) in [4.78, 5) is 28.4. The maximum atomic E-state index is 12.6. The van der Waals surface area contributed by atoms with Crippen LogP contribution in [0.1, 0.15) is 25.3 Å². The van der Waals surface area contributed by atoms with Crippen LogP contribution in [0.3, 0.4) is 0 Å². The molecule has 0 aliphatic carbocycles. The second-order valence-corrected chi connectivity index (χ2v) is 6.29. The summed E-state index contributed by atoms with van der Waals surface area (Å²) in [6.07, 6.45) is 1.64. The van der Waals surface area contributed by atoms with Crippen LogP contribution in [0.5, 0.6) is 0 Å². The molecule has 118 valence electrons. The Morgan fingerprint density at radius 3 is 2.55 bits per heavy atom. The minimum Gasteiger partial charge on any atom is -0.365 e. The largest absolute Gasteiger partial charge is 0.365 e. The molecule has 2 fully saturated rings. The quantitative estimate of drug-likeness (QED) is 0.836. The molecule has 0 radical (unpaired) electrons. The Morgan fingerprint density at radius 1 is 1.23 bits per heavy atom. The van der Waals surface area contributed by atoms with E-state index in [4.69, 9.17) is 4.74 Å². The first-order chi connectivity index (χ1) is 10.5. The molecule has 2 amide bonds. The number of hydrogen-bond acceptors (Lipinski definition) is 3. The van der Waals surface area contributed by atoms with Crippen molar-refractivity contribution in [1.29, 1.82) is 0 Å². The Balaban J connectivity index is 1.68. The van der Waals surface area contributed by atoms with Gasteiger partial charge in [0.15, 0.2) is 0 Å². The van der Waals surface area contributed by atoms with Gasteiger partial charge in [0.2, 0.25) is 5.91 Å². The maximum absolute atomic E-state index is 12.6. The molecule has 1 aromatic carbocycles. The normalized spacial score (nSPS) is 25.6. The van der Waals surface area contributed by atoms with Crippen molar-refractivity contribution in [2.45, 2.75) is 32.3 Å². The Bertz CT molecular complexity index is 576. The van der Waals surface area contributed by atoms with Gasteiger partial charge in [-0.3, -0.25) is 9.59 Å². The molecule has 5 heteroatoms. The first-order valence-corrected chi connectivity index (χ1v) is 7.80. The molecule has 0 aromatic heterocycles. The molecule has 0 N–H and O–H groups in total. The van der Waals surface area contributed by atoms with Gasteiger partial charge in [-0.25, -0.2) is 0 Å². The van der Waals surface area contributed by atoms with E-state index in [1.807, 2.05) is 38.1 Å². The first-order valence-electron chi connectivity index (χ1n) is 7.80. The minimum absolute atomic E-state index is 0.0370. The van der Waals surface area contributed by atoms with E-state index in [1.165, 1.54) is 0 Å². The van der Waals surface area contributed by atoms with Crippen molar-refractivity contribution in [2.75, 3.05) is 31.1 Å². The average Bonchev–Trinajstić information content (AvgIpc) is 2.95. The highest BCUT2D eigenvalue weighted by molar-refractivity contribution is 5.99. The molecule has 0 bridgehead atoms. The van der Waals surface area contributed by atoms with Gasteiger partial charge in [-0.1, -0.05) is 17.7 Å². The number of ether oxygens (including phenoxy) is 1. The van der Waals surface area contributed by atoms with Gasteiger partial charge in [-0.15, -0.1) is 0 Å². The van der Waals surface area contributed by atoms with Crippen LogP contribution >= 0.6 is 0 Å². The number of anilines is 1. The summed E-state index contributed by atoms with van der Waals surface area (Å²) in [6.45, 7) is 5.69. The third-order valence-corrected chi connectivity index (χ3v) is 4.52. The molecule has 2 aliphatic rings. The van der Waals surface area contributed by atoms with Crippen LogP contribution in [0.4, 0.5) is 5.69 Å². The smallest absolute Gasteiger partial charge is 0.255 e. The number of amides is 2. The number of carbonyl (C=O) groups is 2. The van der Waals surface area contributed by atoms with E-state index in [1.54, 1.807) is 9.80 Å². The molecule has 0 unspecified atom stereocenters. The lowest BCUT2D eigenvalue weighted by molar-refractivity contribution is -0.153. The Morgan fingerprint density at radius 2 is 1.95 bits per heavy atom. The van der Waals surface area contributed by atoms with Crippen molar-refractivity contribution >= 4 is 17.5 Å². The first kappa shape index (κ1) is 15.0. The van der Waals surface area contributed by atoms with Crippen LogP contribution in [0.2, 0.25) is 0 Å². The fraction of sp³-hybridized carbons (Fsp3) is 0.529. The standard InChI is InChI=1S/C17H22N2O3/c1-13-4-6-14(7-5-13)19-10-9-18(12-15(19)20)16(21)17(2)8-3-11-22-17/h4-7H,3,8-12H2,1-2H3/t17-/m0/s1. The number of benzene rings is 1. The highest BCUT2D eigenvalue weighted by Crippen LogP contribution is 2.28. The van der Waals surface area contributed by atoms with Crippen LogP contribution < -0.4 is 4.90 Å². The van der Waals surface area contributed by atoms with Gasteiger partial charge in [0.25, 0.3) is 5.91 Å². The predicted molar refractivity (Wildman–Crippen MR) is 83.7 cm³/mol. The fourth-order valence-electron chi connectivity index (χ4n) is 3.13. The summed E-state index contributed by atoms with van der Waals surface area (Å²) >= 11 is 0. The van der Waals surface area contributed by atoms with Gasteiger partial charge in [0, 0.05) is 25.4 Å². The third-order valence-electron chi connectivity index (χ3n) is 4.52. The summed E-state index contributed by atoms with van der Waals surface area (Å²) in [6, 6.07) is 7.89. The third kappa shape index (κ3) is 2.73. The highest BCUT2D eigenvalue weighted by atomic mass is 16.5. The monoisotopic (exact) mass is 302 g/mol. The topological polar surface area (TPSA) is 49.9 Å². The number of carbonyl (C=O) groups excluding carboxylic acids is 2. The molecule has 1 aromatic rings. The van der Waals surface area contributed by atoms with Gasteiger partial charge in [-0.2, -0.15) is 0 Å². The Hall–Kier alpha value is -1.88. The molecular weight excluding hydrogens is 280 g/mol. The van der Waals surface area contributed by atoms with E-state index in [-0.39, 0.29) is 18.4 Å². The zero-order valence-corrected chi connectivity index (χ0v) is 13.2. The molecular formula is C17H22N2O3. The van der Waals surface area contributed by atoms with Crippen LogP contribution in [0.25, 0.3) is 0 Å². The van der Waals surface area contributed by atoms with Crippen molar-refractivity contribution in [3.63, 3.8) is 0 Å². The summed E-state index contributed by atoms with van der Waals surface area (Å²) in [5.41, 5.74) is 1.31. The molecule has 5 nitrogen and oxygen atoms in total. The Labute approximate surface area is 130 Å². The van der Waals surface area contributed by atoms with Crippen LogP contribution in [-0.2, 0) is 14.3 Å². The number of piperazine rings is 1. The van der Waals surface area contributed by atoms with Crippen molar-refractivity contribution < 1.29 is 14.3 Å². The van der Waals surface area contributed by atoms with E-state index in [2.05, 4.69) is 0 Å². The lowest BCUT2D eigenvalue weighted by atomic mass is 10.0. The lowest BCUT2D eigenvalue weighted by Crippen LogP contribution is -2.57. The molecule has 22 heavy (non-hydrogen) atoms. The van der Waals surface area contributed by atoms with E-state index < -0.39 is 5.60 Å². The molecule has 0 saturated carbocycles. The molecule has 2 heterocycles. The zero-order valence-electron chi connectivity index (χ0n) is 13.2. The second-order valence-electron chi connectivity index (χ2n) is 6.29. The lowest BCUT2D eigenvalue weighted by Gasteiger charge is -2.37. The Kier molecular flexibility index (Phi) is 3.91.